The van der Waals surface area contributed by atoms with Crippen molar-refractivity contribution < 1.29 is 19.0 Å². The third kappa shape index (κ3) is 2.94. The Bertz CT molecular complexity index is 511. The number of carbonyl (C=O) groups is 1. The molecule has 2 aliphatic heterocycles. The molecule has 1 aromatic rings. The van der Waals surface area contributed by atoms with E-state index in [0.717, 1.165) is 18.4 Å². The first kappa shape index (κ1) is 14.5. The first-order chi connectivity index (χ1) is 10.1. The van der Waals surface area contributed by atoms with E-state index in [1.165, 1.54) is 12.1 Å². The van der Waals surface area contributed by atoms with E-state index in [9.17, 15) is 14.3 Å². The number of carbonyl (C=O) groups excluding carboxylic acids is 1. The van der Waals surface area contributed by atoms with Gasteiger partial charge in [0.1, 0.15) is 11.9 Å². The predicted octanol–water partition coefficient (Wildman–Crippen LogP) is 1.51. The minimum Gasteiger partial charge on any atom is -0.388 e. The van der Waals surface area contributed by atoms with Crippen LogP contribution in [-0.2, 0) is 16.0 Å². The fraction of sp³-hybridized carbons (Fsp3) is 0.562. The fourth-order valence-corrected chi connectivity index (χ4v) is 3.25. The predicted molar refractivity (Wildman–Crippen MR) is 75.2 cm³/mol. The number of rotatable bonds is 2. The summed E-state index contributed by atoms with van der Waals surface area (Å²) in [5, 5.41) is 10.3. The minimum absolute atomic E-state index is 0.0338. The van der Waals surface area contributed by atoms with Crippen LogP contribution in [0.2, 0.25) is 0 Å². The lowest BCUT2D eigenvalue weighted by Gasteiger charge is -2.42. The molecule has 2 fully saturated rings. The topological polar surface area (TPSA) is 49.8 Å². The number of amides is 1. The maximum atomic E-state index is 12.9. The van der Waals surface area contributed by atoms with E-state index >= 15 is 0 Å². The number of likely N-dealkylation sites (tertiary alicyclic amines) is 1. The van der Waals surface area contributed by atoms with Crippen LogP contribution < -0.4 is 0 Å². The van der Waals surface area contributed by atoms with Crippen molar-refractivity contribution in [1.82, 2.24) is 4.90 Å². The molecule has 0 aliphatic carbocycles. The second-order valence-electron chi connectivity index (χ2n) is 5.93. The number of β-amino-alcohol motifs (C(OH)–C–C–N with tert-alkyl or cyclic N) is 1. The molecule has 3 rings (SSSR count). The van der Waals surface area contributed by atoms with Gasteiger partial charge in [-0.3, -0.25) is 4.79 Å². The van der Waals surface area contributed by atoms with Crippen molar-refractivity contribution >= 4 is 5.91 Å². The van der Waals surface area contributed by atoms with E-state index < -0.39 is 11.7 Å². The van der Waals surface area contributed by atoms with Crippen molar-refractivity contribution in [2.75, 3.05) is 19.7 Å². The number of hydrogen-bond acceptors (Lipinski definition) is 3. The van der Waals surface area contributed by atoms with Crippen molar-refractivity contribution in [2.24, 2.45) is 0 Å². The molecule has 0 aromatic heterocycles. The Hall–Kier alpha value is -1.46. The normalized spacial score (nSPS) is 29.0. The Balaban J connectivity index is 1.60. The monoisotopic (exact) mass is 293 g/mol. The first-order valence-corrected chi connectivity index (χ1v) is 7.43. The highest BCUT2D eigenvalue weighted by molar-refractivity contribution is 5.79. The highest BCUT2D eigenvalue weighted by atomic mass is 19.1. The Morgan fingerprint density at radius 3 is 2.76 bits per heavy atom. The zero-order chi connectivity index (χ0) is 14.9. The lowest BCUT2D eigenvalue weighted by molar-refractivity contribution is -0.151. The van der Waals surface area contributed by atoms with Crippen LogP contribution >= 0.6 is 0 Å². The van der Waals surface area contributed by atoms with Crippen LogP contribution in [0.15, 0.2) is 24.3 Å². The summed E-state index contributed by atoms with van der Waals surface area (Å²) in [4.78, 5) is 14.0. The molecule has 2 saturated heterocycles. The van der Waals surface area contributed by atoms with Gasteiger partial charge in [0, 0.05) is 19.7 Å². The number of aliphatic hydroxyl groups excluding tert-OH is 1. The largest absolute Gasteiger partial charge is 0.388 e. The lowest BCUT2D eigenvalue weighted by atomic mass is 9.86. The number of nitrogens with zero attached hydrogens (tertiary/aromatic N) is 1. The van der Waals surface area contributed by atoms with Crippen LogP contribution in [0.4, 0.5) is 4.39 Å². The summed E-state index contributed by atoms with van der Waals surface area (Å²) in [5.41, 5.74) is 0.348. The molecule has 2 heterocycles. The van der Waals surface area contributed by atoms with Gasteiger partial charge in [0.05, 0.1) is 12.0 Å². The molecular formula is C16H20FNO3. The molecule has 5 heteroatoms. The van der Waals surface area contributed by atoms with E-state index in [1.54, 1.807) is 17.0 Å². The summed E-state index contributed by atoms with van der Waals surface area (Å²) in [6.07, 6.45) is 2.14. The van der Waals surface area contributed by atoms with Gasteiger partial charge in [0.2, 0.25) is 5.91 Å². The van der Waals surface area contributed by atoms with E-state index in [1.807, 2.05) is 0 Å². The number of ether oxygens (including phenoxy) is 1. The maximum absolute atomic E-state index is 12.9. The Kier molecular flexibility index (Phi) is 3.95. The van der Waals surface area contributed by atoms with Crippen LogP contribution in [0.5, 0.6) is 0 Å². The second kappa shape index (κ2) is 5.73. The summed E-state index contributed by atoms with van der Waals surface area (Å²) in [5.74, 6) is -0.339. The van der Waals surface area contributed by atoms with Gasteiger partial charge in [-0.25, -0.2) is 4.39 Å². The summed E-state index contributed by atoms with van der Waals surface area (Å²) >= 11 is 0. The van der Waals surface area contributed by atoms with Crippen LogP contribution in [0.25, 0.3) is 0 Å². The van der Waals surface area contributed by atoms with E-state index in [0.29, 0.717) is 26.1 Å². The van der Waals surface area contributed by atoms with Gasteiger partial charge in [-0.1, -0.05) is 12.1 Å². The highest BCUT2D eigenvalue weighted by Gasteiger charge is 2.46. The van der Waals surface area contributed by atoms with Crippen molar-refractivity contribution in [1.29, 1.82) is 0 Å². The quantitative estimate of drug-likeness (QED) is 0.899. The second-order valence-corrected chi connectivity index (χ2v) is 5.93. The summed E-state index contributed by atoms with van der Waals surface area (Å²) < 4.78 is 18.6. The molecule has 0 bridgehead atoms. The number of halogens is 1. The van der Waals surface area contributed by atoms with E-state index in [-0.39, 0.29) is 18.1 Å². The van der Waals surface area contributed by atoms with Crippen molar-refractivity contribution in [2.45, 2.75) is 37.4 Å². The Morgan fingerprint density at radius 1 is 1.38 bits per heavy atom. The number of piperidine rings is 1. The SMILES string of the molecule is O=C(Cc1ccc(F)cc1)N1CC[C@@]2(CCCO2)[C@@H](O)C1. The zero-order valence-electron chi connectivity index (χ0n) is 11.9. The van der Waals surface area contributed by atoms with Crippen molar-refractivity contribution in [3.05, 3.63) is 35.6 Å². The third-order valence-electron chi connectivity index (χ3n) is 4.56. The average Bonchev–Trinajstić information content (AvgIpc) is 2.94. The van der Waals surface area contributed by atoms with Crippen LogP contribution in [-0.4, -0.2) is 47.3 Å². The van der Waals surface area contributed by atoms with Gasteiger partial charge >= 0.3 is 0 Å². The van der Waals surface area contributed by atoms with Gasteiger partial charge in [0.15, 0.2) is 0 Å². The molecule has 1 spiro atoms. The van der Waals surface area contributed by atoms with Crippen LogP contribution in [0.1, 0.15) is 24.8 Å². The van der Waals surface area contributed by atoms with Gasteiger partial charge in [-0.2, -0.15) is 0 Å². The van der Waals surface area contributed by atoms with Crippen molar-refractivity contribution in [3.63, 3.8) is 0 Å². The van der Waals surface area contributed by atoms with E-state index in [2.05, 4.69) is 0 Å². The molecule has 21 heavy (non-hydrogen) atoms. The lowest BCUT2D eigenvalue weighted by Crippen LogP contribution is -2.56. The van der Waals surface area contributed by atoms with Crippen LogP contribution in [0, 0.1) is 5.82 Å². The van der Waals surface area contributed by atoms with E-state index in [4.69, 9.17) is 4.74 Å². The third-order valence-corrected chi connectivity index (χ3v) is 4.56. The average molecular weight is 293 g/mol. The smallest absolute Gasteiger partial charge is 0.227 e. The fourth-order valence-electron chi connectivity index (χ4n) is 3.25. The zero-order valence-corrected chi connectivity index (χ0v) is 11.9. The molecule has 4 nitrogen and oxygen atoms in total. The first-order valence-electron chi connectivity index (χ1n) is 7.43. The van der Waals surface area contributed by atoms with Crippen molar-refractivity contribution in [3.8, 4) is 0 Å². The molecule has 0 radical (unpaired) electrons. The molecule has 2 aliphatic rings. The number of hydrogen-bond donors (Lipinski definition) is 1. The van der Waals surface area contributed by atoms with Gasteiger partial charge in [-0.15, -0.1) is 0 Å². The summed E-state index contributed by atoms with van der Waals surface area (Å²) in [6.45, 7) is 1.62. The molecule has 1 amide bonds. The van der Waals surface area contributed by atoms with Gasteiger partial charge < -0.3 is 14.7 Å². The standard InChI is InChI=1S/C16H20FNO3/c17-13-4-2-12(3-5-13)10-15(20)18-8-7-16(14(19)11-18)6-1-9-21-16/h2-5,14,19H,1,6-11H2/t14-,16-/m0/s1. The molecule has 0 unspecified atom stereocenters. The molecule has 0 saturated carbocycles. The molecule has 2 atom stereocenters. The number of aliphatic hydroxyl groups is 1. The summed E-state index contributed by atoms with van der Waals surface area (Å²) in [7, 11) is 0. The number of benzene rings is 1. The molecule has 1 N–H and O–H groups in total. The highest BCUT2D eigenvalue weighted by Crippen LogP contribution is 2.36. The molecular weight excluding hydrogens is 273 g/mol. The molecule has 1 aromatic carbocycles. The van der Waals surface area contributed by atoms with Crippen LogP contribution in [0.3, 0.4) is 0 Å². The minimum atomic E-state index is -0.620. The Morgan fingerprint density at radius 2 is 2.14 bits per heavy atom. The molecule has 114 valence electrons. The van der Waals surface area contributed by atoms with Gasteiger partial charge in [-0.05, 0) is 37.0 Å². The Labute approximate surface area is 123 Å². The van der Waals surface area contributed by atoms with Gasteiger partial charge in [0.25, 0.3) is 0 Å². The summed E-state index contributed by atoms with van der Waals surface area (Å²) in [6, 6.07) is 5.95. The maximum Gasteiger partial charge on any atom is 0.227 e.